The molecular weight excluding hydrogens is 220 g/mol. The van der Waals surface area contributed by atoms with Crippen LogP contribution in [-0.2, 0) is 0 Å². The number of carbonyl (C=O) groups is 1. The van der Waals surface area contributed by atoms with Crippen LogP contribution in [0.15, 0.2) is 23.3 Å². The third kappa shape index (κ3) is 3.75. The number of hydrogen-bond donors (Lipinski definition) is 3. The highest BCUT2D eigenvalue weighted by Crippen LogP contribution is 2.06. The van der Waals surface area contributed by atoms with Gasteiger partial charge >= 0.3 is 5.97 Å². The number of guanidine groups is 1. The fourth-order valence-electron chi connectivity index (χ4n) is 1.23. The Hall–Kier alpha value is -2.11. The fourth-order valence-corrected chi connectivity index (χ4v) is 1.23. The lowest BCUT2D eigenvalue weighted by Crippen LogP contribution is -2.26. The molecule has 0 unspecified atom stereocenters. The van der Waals surface area contributed by atoms with Gasteiger partial charge in [-0.3, -0.25) is 4.99 Å². The lowest BCUT2D eigenvalue weighted by molar-refractivity contribution is 0.0697. The van der Waals surface area contributed by atoms with E-state index in [1.165, 1.54) is 18.3 Å². The molecule has 0 atom stereocenters. The summed E-state index contributed by atoms with van der Waals surface area (Å²) in [6.45, 7) is 5.52. The van der Waals surface area contributed by atoms with E-state index in [1.54, 1.807) is 0 Å². The van der Waals surface area contributed by atoms with Gasteiger partial charge in [0.1, 0.15) is 5.82 Å². The van der Waals surface area contributed by atoms with Gasteiger partial charge < -0.3 is 15.7 Å². The van der Waals surface area contributed by atoms with Crippen molar-refractivity contribution < 1.29 is 9.90 Å². The van der Waals surface area contributed by atoms with Crippen LogP contribution in [-0.4, -0.2) is 35.1 Å². The third-order valence-corrected chi connectivity index (χ3v) is 1.93. The van der Waals surface area contributed by atoms with Crippen molar-refractivity contribution in [3.05, 3.63) is 23.9 Å². The van der Waals surface area contributed by atoms with Crippen LogP contribution >= 0.6 is 0 Å². The summed E-state index contributed by atoms with van der Waals surface area (Å²) in [5.74, 6) is 0.134. The molecule has 0 spiro atoms. The minimum Gasteiger partial charge on any atom is -0.478 e. The standard InChI is InChI=1S/C9H10N4O2.C2H6/c14-8(15)6-1-2-10-7(5-6)13-9-11-3-4-12-9;1-2/h1-2,5H,3-4H2,(H,14,15)(H2,10,11,12,13);1-2H3. The number of carboxylic acids is 1. The molecule has 0 radical (unpaired) electrons. The van der Waals surface area contributed by atoms with Crippen LogP contribution in [0.5, 0.6) is 0 Å². The Morgan fingerprint density at radius 2 is 2.29 bits per heavy atom. The lowest BCUT2D eigenvalue weighted by atomic mass is 10.2. The molecule has 6 heteroatoms. The second-order valence-electron chi connectivity index (χ2n) is 3.02. The molecule has 0 saturated heterocycles. The van der Waals surface area contributed by atoms with Gasteiger partial charge in [-0.25, -0.2) is 9.78 Å². The van der Waals surface area contributed by atoms with Gasteiger partial charge in [0, 0.05) is 12.7 Å². The number of aliphatic imine (C=N–C) groups is 1. The molecule has 0 aromatic carbocycles. The smallest absolute Gasteiger partial charge is 0.335 e. The molecule has 0 bridgehead atoms. The van der Waals surface area contributed by atoms with E-state index in [1.807, 2.05) is 13.8 Å². The summed E-state index contributed by atoms with van der Waals surface area (Å²) in [5.41, 5.74) is 0.200. The van der Waals surface area contributed by atoms with Crippen LogP contribution in [0.1, 0.15) is 24.2 Å². The number of nitrogens with zero attached hydrogens (tertiary/aromatic N) is 2. The molecule has 1 aromatic heterocycles. The molecule has 2 rings (SSSR count). The largest absolute Gasteiger partial charge is 0.478 e. The van der Waals surface area contributed by atoms with Crippen LogP contribution in [0, 0.1) is 0 Å². The predicted molar refractivity (Wildman–Crippen MR) is 66.5 cm³/mol. The summed E-state index contributed by atoms with van der Waals surface area (Å²) >= 11 is 0. The van der Waals surface area contributed by atoms with Crippen molar-refractivity contribution in [1.29, 1.82) is 0 Å². The number of aromatic carboxylic acids is 1. The normalized spacial score (nSPS) is 12.9. The number of pyridine rings is 1. The molecule has 1 aromatic rings. The maximum Gasteiger partial charge on any atom is 0.335 e. The topological polar surface area (TPSA) is 86.6 Å². The van der Waals surface area contributed by atoms with Gasteiger partial charge in [0.05, 0.1) is 12.1 Å². The molecule has 2 heterocycles. The maximum atomic E-state index is 10.7. The van der Waals surface area contributed by atoms with Crippen LogP contribution in [0.2, 0.25) is 0 Å². The van der Waals surface area contributed by atoms with E-state index in [4.69, 9.17) is 5.11 Å². The van der Waals surface area contributed by atoms with E-state index in [0.29, 0.717) is 11.8 Å². The summed E-state index contributed by atoms with van der Waals surface area (Å²) < 4.78 is 0. The Bertz CT molecular complexity index is 418. The summed E-state index contributed by atoms with van der Waals surface area (Å²) in [6, 6.07) is 2.91. The van der Waals surface area contributed by atoms with Crippen molar-refractivity contribution in [2.24, 2.45) is 4.99 Å². The van der Waals surface area contributed by atoms with Crippen molar-refractivity contribution in [2.45, 2.75) is 13.8 Å². The monoisotopic (exact) mass is 236 g/mol. The van der Waals surface area contributed by atoms with E-state index in [0.717, 1.165) is 13.1 Å². The van der Waals surface area contributed by atoms with Crippen molar-refractivity contribution >= 4 is 17.7 Å². The van der Waals surface area contributed by atoms with Crippen molar-refractivity contribution in [3.63, 3.8) is 0 Å². The molecular formula is C11H16N4O2. The SMILES string of the molecule is CC.O=C(O)c1ccnc(NC2=NCCN2)c1. The Morgan fingerprint density at radius 1 is 1.53 bits per heavy atom. The van der Waals surface area contributed by atoms with Gasteiger partial charge in [-0.1, -0.05) is 13.8 Å². The van der Waals surface area contributed by atoms with Crippen LogP contribution in [0.4, 0.5) is 5.82 Å². The number of carboxylic acid groups (broad SMARTS) is 1. The summed E-state index contributed by atoms with van der Waals surface area (Å²) in [6.07, 6.45) is 1.45. The van der Waals surface area contributed by atoms with E-state index in [-0.39, 0.29) is 5.56 Å². The Labute approximate surface area is 99.8 Å². The fraction of sp³-hybridized carbons (Fsp3) is 0.364. The quantitative estimate of drug-likeness (QED) is 0.717. The zero-order valence-corrected chi connectivity index (χ0v) is 9.90. The predicted octanol–water partition coefficient (Wildman–Crippen LogP) is 1.18. The molecule has 17 heavy (non-hydrogen) atoms. The first-order chi connectivity index (χ1) is 8.25. The first-order valence-corrected chi connectivity index (χ1v) is 5.50. The highest BCUT2D eigenvalue weighted by molar-refractivity contribution is 5.95. The van der Waals surface area contributed by atoms with Gasteiger partial charge in [-0.15, -0.1) is 0 Å². The van der Waals surface area contributed by atoms with Crippen molar-refractivity contribution in [1.82, 2.24) is 10.3 Å². The highest BCUT2D eigenvalue weighted by Gasteiger charge is 2.08. The molecule has 1 aliphatic heterocycles. The number of anilines is 1. The van der Waals surface area contributed by atoms with E-state index in [9.17, 15) is 4.79 Å². The molecule has 3 N–H and O–H groups in total. The first-order valence-electron chi connectivity index (χ1n) is 5.50. The Morgan fingerprint density at radius 3 is 2.88 bits per heavy atom. The third-order valence-electron chi connectivity index (χ3n) is 1.93. The summed E-state index contributed by atoms with van der Waals surface area (Å²) in [4.78, 5) is 18.8. The average molecular weight is 236 g/mol. The van der Waals surface area contributed by atoms with E-state index >= 15 is 0 Å². The first kappa shape index (κ1) is 13.0. The molecule has 6 nitrogen and oxygen atoms in total. The Balaban J connectivity index is 0.000000686. The van der Waals surface area contributed by atoms with Crippen molar-refractivity contribution in [3.8, 4) is 0 Å². The zero-order chi connectivity index (χ0) is 12.7. The number of hydrogen-bond acceptors (Lipinski definition) is 5. The van der Waals surface area contributed by atoms with Crippen molar-refractivity contribution in [2.75, 3.05) is 18.4 Å². The second-order valence-corrected chi connectivity index (χ2v) is 3.02. The number of rotatable bonds is 2. The summed E-state index contributed by atoms with van der Waals surface area (Å²) in [7, 11) is 0. The summed E-state index contributed by atoms with van der Waals surface area (Å²) in [5, 5.41) is 14.7. The van der Waals surface area contributed by atoms with Gasteiger partial charge in [-0.05, 0) is 12.1 Å². The minimum atomic E-state index is -0.971. The maximum absolute atomic E-state index is 10.7. The molecule has 92 valence electrons. The lowest BCUT2D eigenvalue weighted by Gasteiger charge is -2.05. The van der Waals surface area contributed by atoms with Crippen LogP contribution in [0.3, 0.4) is 0 Å². The number of aromatic nitrogens is 1. The van der Waals surface area contributed by atoms with Gasteiger partial charge in [0.25, 0.3) is 0 Å². The minimum absolute atomic E-state index is 0.200. The zero-order valence-electron chi connectivity index (χ0n) is 9.90. The van der Waals surface area contributed by atoms with Crippen LogP contribution < -0.4 is 10.6 Å². The highest BCUT2D eigenvalue weighted by atomic mass is 16.4. The van der Waals surface area contributed by atoms with E-state index < -0.39 is 5.97 Å². The molecule has 0 fully saturated rings. The number of nitrogens with one attached hydrogen (secondary N) is 2. The van der Waals surface area contributed by atoms with E-state index in [2.05, 4.69) is 20.6 Å². The van der Waals surface area contributed by atoms with Gasteiger partial charge in [0.2, 0.25) is 0 Å². The average Bonchev–Trinajstić information content (AvgIpc) is 2.85. The second kappa shape index (κ2) is 6.47. The molecule has 1 aliphatic rings. The molecule has 0 amide bonds. The Kier molecular flexibility index (Phi) is 4.93. The van der Waals surface area contributed by atoms with Gasteiger partial charge in [0.15, 0.2) is 5.96 Å². The molecule has 0 saturated carbocycles. The van der Waals surface area contributed by atoms with Crippen LogP contribution in [0.25, 0.3) is 0 Å². The van der Waals surface area contributed by atoms with Gasteiger partial charge in [-0.2, -0.15) is 0 Å². The molecule has 0 aliphatic carbocycles.